The zero-order valence-corrected chi connectivity index (χ0v) is 19.9. The van der Waals surface area contributed by atoms with Gasteiger partial charge in [0.2, 0.25) is 0 Å². The Morgan fingerprint density at radius 2 is 1.71 bits per heavy atom. The maximum Gasteiger partial charge on any atom is 0.251 e. The molecule has 1 heterocycles. The highest BCUT2D eigenvalue weighted by molar-refractivity contribution is 9.11. The minimum Gasteiger partial charge on any atom is -0.506 e. The van der Waals surface area contributed by atoms with Crippen molar-refractivity contribution < 1.29 is 5.11 Å². The van der Waals surface area contributed by atoms with Crippen LogP contribution in [-0.2, 0) is 0 Å². The monoisotopic (exact) mass is 556 g/mol. The third kappa shape index (κ3) is 5.31. The number of aromatic nitrogens is 2. The number of phenolic OH excluding ortho intramolecular Hbond substituents is 1. The van der Waals surface area contributed by atoms with E-state index in [0.29, 0.717) is 21.0 Å². The summed E-state index contributed by atoms with van der Waals surface area (Å²) in [4.78, 5) is 9.10. The van der Waals surface area contributed by atoms with Gasteiger partial charge in [-0.1, -0.05) is 70.0 Å². The number of hydrogen-bond donors (Lipinski definition) is 1. The number of phenols is 1. The summed E-state index contributed by atoms with van der Waals surface area (Å²) in [6.07, 6.45) is 5.07. The van der Waals surface area contributed by atoms with Crippen molar-refractivity contribution in [2.75, 3.05) is 0 Å². The van der Waals surface area contributed by atoms with Crippen molar-refractivity contribution in [2.24, 2.45) is 10.1 Å². The molecule has 1 N–H and O–H groups in total. The minimum atomic E-state index is 0.0954. The van der Waals surface area contributed by atoms with Crippen LogP contribution in [0.2, 0.25) is 5.02 Å². The van der Waals surface area contributed by atoms with Crippen molar-refractivity contribution in [1.82, 2.24) is 9.66 Å². The van der Waals surface area contributed by atoms with E-state index in [1.165, 1.54) is 0 Å². The first-order chi connectivity index (χ1) is 15.0. The molecule has 0 bridgehead atoms. The summed E-state index contributed by atoms with van der Waals surface area (Å²) in [6, 6.07) is 20.7. The van der Waals surface area contributed by atoms with Gasteiger partial charge in [0.25, 0.3) is 5.95 Å². The van der Waals surface area contributed by atoms with Crippen LogP contribution in [0.4, 0.5) is 5.95 Å². The normalized spacial score (nSPS) is 11.6. The lowest BCUT2D eigenvalue weighted by Gasteiger charge is -2.02. The molecule has 0 unspecified atom stereocenters. The van der Waals surface area contributed by atoms with Crippen LogP contribution in [0.1, 0.15) is 11.1 Å². The van der Waals surface area contributed by atoms with Gasteiger partial charge in [-0.2, -0.15) is 5.10 Å². The molecule has 0 aliphatic heterocycles. The molecule has 0 atom stereocenters. The highest BCUT2D eigenvalue weighted by atomic mass is 79.9. The average Bonchev–Trinajstić information content (AvgIpc) is 3.18. The van der Waals surface area contributed by atoms with Crippen LogP contribution >= 0.6 is 43.5 Å². The van der Waals surface area contributed by atoms with Crippen molar-refractivity contribution >= 4 is 61.8 Å². The van der Waals surface area contributed by atoms with Crippen LogP contribution in [0.3, 0.4) is 0 Å². The van der Waals surface area contributed by atoms with E-state index in [1.807, 2.05) is 48.7 Å². The molecule has 4 rings (SSSR count). The first-order valence-corrected chi connectivity index (χ1v) is 11.1. The molecule has 31 heavy (non-hydrogen) atoms. The number of halogens is 3. The van der Waals surface area contributed by atoms with Crippen molar-refractivity contribution in [1.29, 1.82) is 0 Å². The fourth-order valence-electron chi connectivity index (χ4n) is 2.77. The summed E-state index contributed by atoms with van der Waals surface area (Å²) in [5.74, 6) is 0.470. The number of nitrogens with zero attached hydrogens (tertiary/aromatic N) is 4. The maximum absolute atomic E-state index is 10.3. The fourth-order valence-corrected chi connectivity index (χ4v) is 4.16. The van der Waals surface area contributed by atoms with Gasteiger partial charge in [-0.3, -0.25) is 0 Å². The summed E-state index contributed by atoms with van der Waals surface area (Å²) >= 11 is 12.7. The van der Waals surface area contributed by atoms with Gasteiger partial charge in [0.15, 0.2) is 0 Å². The molecule has 3 aromatic carbocycles. The number of aliphatic imine (C=N–C) groups is 1. The van der Waals surface area contributed by atoms with Crippen LogP contribution in [0.5, 0.6) is 5.75 Å². The average molecular weight is 559 g/mol. The molecule has 0 fully saturated rings. The van der Waals surface area contributed by atoms with Gasteiger partial charge in [0.1, 0.15) is 5.75 Å². The van der Waals surface area contributed by atoms with E-state index in [-0.39, 0.29) is 5.75 Å². The molecule has 1 aromatic heterocycles. The Morgan fingerprint density at radius 3 is 2.45 bits per heavy atom. The maximum atomic E-state index is 10.3. The van der Waals surface area contributed by atoms with E-state index < -0.39 is 0 Å². The third-order valence-corrected chi connectivity index (χ3v) is 5.63. The highest BCUT2D eigenvalue weighted by Gasteiger charge is 2.10. The van der Waals surface area contributed by atoms with E-state index in [1.54, 1.807) is 41.4 Å². The second-order valence-corrected chi connectivity index (χ2v) is 8.72. The quantitative estimate of drug-likeness (QED) is 0.267. The summed E-state index contributed by atoms with van der Waals surface area (Å²) in [7, 11) is 0. The van der Waals surface area contributed by atoms with E-state index in [9.17, 15) is 5.11 Å². The van der Waals surface area contributed by atoms with Gasteiger partial charge in [0.05, 0.1) is 22.6 Å². The van der Waals surface area contributed by atoms with Gasteiger partial charge in [0, 0.05) is 26.8 Å². The smallest absolute Gasteiger partial charge is 0.251 e. The molecule has 5 nitrogen and oxygen atoms in total. The Kier molecular flexibility index (Phi) is 6.65. The summed E-state index contributed by atoms with van der Waals surface area (Å²) in [6.45, 7) is 0. The van der Waals surface area contributed by atoms with Crippen molar-refractivity contribution in [3.8, 4) is 17.0 Å². The highest BCUT2D eigenvalue weighted by Crippen LogP contribution is 2.31. The summed E-state index contributed by atoms with van der Waals surface area (Å²) in [5, 5.41) is 15.5. The van der Waals surface area contributed by atoms with Crippen LogP contribution < -0.4 is 0 Å². The van der Waals surface area contributed by atoms with Crippen LogP contribution in [-0.4, -0.2) is 27.2 Å². The Bertz CT molecular complexity index is 1270. The molecular weight excluding hydrogens is 544 g/mol. The molecule has 0 saturated carbocycles. The predicted molar refractivity (Wildman–Crippen MR) is 133 cm³/mol. The lowest BCUT2D eigenvalue weighted by Crippen LogP contribution is -1.90. The lowest BCUT2D eigenvalue weighted by molar-refractivity contribution is 0.471. The van der Waals surface area contributed by atoms with Gasteiger partial charge < -0.3 is 5.11 Å². The Balaban J connectivity index is 1.73. The number of aromatic hydroxyl groups is 1. The van der Waals surface area contributed by atoms with Gasteiger partial charge in [-0.05, 0) is 45.8 Å². The molecule has 0 amide bonds. The summed E-state index contributed by atoms with van der Waals surface area (Å²) in [5.41, 5.74) is 3.12. The third-order valence-electron chi connectivity index (χ3n) is 4.32. The first-order valence-electron chi connectivity index (χ1n) is 9.16. The molecule has 8 heteroatoms. The molecule has 0 saturated heterocycles. The van der Waals surface area contributed by atoms with Gasteiger partial charge in [-0.25, -0.2) is 14.7 Å². The molecule has 0 radical (unpaired) electrons. The topological polar surface area (TPSA) is 62.8 Å². The van der Waals surface area contributed by atoms with Crippen LogP contribution in [0, 0.1) is 0 Å². The van der Waals surface area contributed by atoms with E-state index in [0.717, 1.165) is 21.3 Å². The van der Waals surface area contributed by atoms with E-state index in [4.69, 9.17) is 11.6 Å². The largest absolute Gasteiger partial charge is 0.506 e. The van der Waals surface area contributed by atoms with E-state index >= 15 is 0 Å². The number of rotatable bonds is 5. The van der Waals surface area contributed by atoms with Crippen molar-refractivity contribution in [3.63, 3.8) is 0 Å². The van der Waals surface area contributed by atoms with Crippen LogP contribution in [0.15, 0.2) is 92.0 Å². The zero-order chi connectivity index (χ0) is 21.8. The number of benzene rings is 3. The van der Waals surface area contributed by atoms with Gasteiger partial charge >= 0.3 is 0 Å². The Hall–Kier alpha value is -2.74. The zero-order valence-electron chi connectivity index (χ0n) is 16.0. The second kappa shape index (κ2) is 9.60. The van der Waals surface area contributed by atoms with Crippen molar-refractivity contribution in [3.05, 3.63) is 98.0 Å². The first kappa shape index (κ1) is 21.5. The SMILES string of the molecule is Oc1c(Br)cc(Br)cc1C=Nc1nc(-c2ccccc2)cn1/N=C\c1ccc(Cl)cc1. The number of imidazole rings is 1. The molecule has 0 spiro atoms. The molecule has 0 aliphatic rings. The predicted octanol–water partition coefficient (Wildman–Crippen LogP) is 7.07. The molecule has 154 valence electrons. The standard InChI is InChI=1S/C23H15Br2ClN4O/c24-18-10-17(22(31)20(25)11-18)13-27-23-29-21(16-4-2-1-3-5-16)14-30(23)28-12-15-6-8-19(26)9-7-15/h1-14,31H/b27-13?,28-12-. The Morgan fingerprint density at radius 1 is 0.968 bits per heavy atom. The molecule has 4 aromatic rings. The Labute approximate surface area is 201 Å². The van der Waals surface area contributed by atoms with Crippen molar-refractivity contribution in [2.45, 2.75) is 0 Å². The van der Waals surface area contributed by atoms with E-state index in [2.05, 4.69) is 46.9 Å². The molecular formula is C23H15Br2ClN4O. The number of hydrogen-bond acceptors (Lipinski definition) is 4. The fraction of sp³-hybridized carbons (Fsp3) is 0. The second-order valence-electron chi connectivity index (χ2n) is 6.52. The van der Waals surface area contributed by atoms with Gasteiger partial charge in [-0.15, -0.1) is 0 Å². The van der Waals surface area contributed by atoms with Crippen LogP contribution in [0.25, 0.3) is 11.3 Å². The minimum absolute atomic E-state index is 0.0954. The molecule has 0 aliphatic carbocycles. The lowest BCUT2D eigenvalue weighted by atomic mass is 10.2. The summed E-state index contributed by atoms with van der Waals surface area (Å²) < 4.78 is 2.97.